The molecule has 3 nitrogen and oxygen atoms in total. The molecule has 0 saturated heterocycles. The van der Waals surface area contributed by atoms with Gasteiger partial charge in [0, 0.05) is 18.3 Å². The molecule has 0 heterocycles. The van der Waals surface area contributed by atoms with E-state index >= 15 is 0 Å². The predicted octanol–water partition coefficient (Wildman–Crippen LogP) is 3.27. The zero-order valence-corrected chi connectivity index (χ0v) is 14.0. The normalized spacial score (nSPS) is 36.4. The summed E-state index contributed by atoms with van der Waals surface area (Å²) in [5.41, 5.74) is -0.271. The molecule has 2 aliphatic rings. The van der Waals surface area contributed by atoms with E-state index in [1.165, 1.54) is 0 Å². The summed E-state index contributed by atoms with van der Waals surface area (Å²) in [6, 6.07) is 0. The van der Waals surface area contributed by atoms with Gasteiger partial charge in [-0.1, -0.05) is 27.2 Å². The maximum Gasteiger partial charge on any atom is 0.192 e. The zero-order chi connectivity index (χ0) is 14.5. The summed E-state index contributed by atoms with van der Waals surface area (Å²) >= 11 is 0. The quantitative estimate of drug-likeness (QED) is 0.792. The lowest BCUT2D eigenvalue weighted by Crippen LogP contribution is -2.49. The second kappa shape index (κ2) is 4.67. The summed E-state index contributed by atoms with van der Waals surface area (Å²) in [6.07, 6.45) is 3.46. The molecule has 4 heteroatoms. The highest BCUT2D eigenvalue weighted by Gasteiger charge is 2.56. The Bertz CT molecular complexity index is 372. The molecular weight excluding hydrogens is 256 g/mol. The van der Waals surface area contributed by atoms with Crippen molar-refractivity contribution in [3.63, 3.8) is 0 Å². The van der Waals surface area contributed by atoms with Gasteiger partial charge in [0.1, 0.15) is 5.78 Å². The van der Waals surface area contributed by atoms with Crippen LogP contribution in [0.15, 0.2) is 0 Å². The van der Waals surface area contributed by atoms with Crippen LogP contribution in [0.3, 0.4) is 0 Å². The first-order valence-electron chi connectivity index (χ1n) is 7.46. The van der Waals surface area contributed by atoms with Crippen molar-refractivity contribution in [1.29, 1.82) is 0 Å². The van der Waals surface area contributed by atoms with E-state index in [9.17, 15) is 9.90 Å². The van der Waals surface area contributed by atoms with Crippen molar-refractivity contribution in [2.24, 2.45) is 5.41 Å². The van der Waals surface area contributed by atoms with Crippen molar-refractivity contribution in [3.05, 3.63) is 0 Å². The number of Topliss-reactive ketones (excluding diaryl/α,β-unsaturated/α-hetero) is 1. The smallest absolute Gasteiger partial charge is 0.192 e. The number of aliphatic hydroxyl groups is 1. The van der Waals surface area contributed by atoms with Crippen LogP contribution >= 0.6 is 0 Å². The predicted molar refractivity (Wildman–Crippen MR) is 78.6 cm³/mol. The highest BCUT2D eigenvalue weighted by molar-refractivity contribution is 6.74. The fourth-order valence-corrected chi connectivity index (χ4v) is 4.75. The van der Waals surface area contributed by atoms with Crippen LogP contribution in [0, 0.1) is 5.41 Å². The second-order valence-corrected chi connectivity index (χ2v) is 12.7. The summed E-state index contributed by atoms with van der Waals surface area (Å²) in [5, 5.41) is 10.5. The average Bonchev–Trinajstić information content (AvgIpc) is 2.71. The minimum absolute atomic E-state index is 0.0786. The third kappa shape index (κ3) is 2.55. The first-order valence-corrected chi connectivity index (χ1v) is 10.4. The van der Waals surface area contributed by atoms with Crippen LogP contribution < -0.4 is 0 Å². The molecule has 1 spiro atoms. The Morgan fingerprint density at radius 3 is 2.47 bits per heavy atom. The van der Waals surface area contributed by atoms with E-state index in [2.05, 4.69) is 33.9 Å². The zero-order valence-electron chi connectivity index (χ0n) is 13.0. The molecule has 0 bridgehead atoms. The van der Waals surface area contributed by atoms with E-state index < -0.39 is 14.4 Å². The minimum atomic E-state index is -1.84. The van der Waals surface area contributed by atoms with E-state index in [4.69, 9.17) is 4.43 Å². The third-order valence-corrected chi connectivity index (χ3v) is 10.1. The van der Waals surface area contributed by atoms with Crippen LogP contribution in [0.2, 0.25) is 18.1 Å². The van der Waals surface area contributed by atoms with Gasteiger partial charge in [0.25, 0.3) is 0 Å². The van der Waals surface area contributed by atoms with Gasteiger partial charge in [-0.25, -0.2) is 0 Å². The maximum absolute atomic E-state index is 11.7. The Labute approximate surface area is 117 Å². The van der Waals surface area contributed by atoms with Gasteiger partial charge in [-0.15, -0.1) is 0 Å². The van der Waals surface area contributed by atoms with Crippen molar-refractivity contribution >= 4 is 14.1 Å². The number of carbonyl (C=O) groups is 1. The number of hydrogen-bond donors (Lipinski definition) is 1. The SMILES string of the molecule is CC(C)(C)[Si](C)(C)O[C@H]1CCC[C@]12CC(=O)C[C@@H]2O. The van der Waals surface area contributed by atoms with Crippen molar-refractivity contribution < 1.29 is 14.3 Å². The molecule has 2 rings (SSSR count). The monoisotopic (exact) mass is 284 g/mol. The molecule has 2 fully saturated rings. The molecular formula is C15H28O3Si. The molecule has 0 radical (unpaired) electrons. The van der Waals surface area contributed by atoms with Crippen LogP contribution in [0.1, 0.15) is 52.9 Å². The van der Waals surface area contributed by atoms with Crippen molar-refractivity contribution in [1.82, 2.24) is 0 Å². The number of rotatable bonds is 2. The van der Waals surface area contributed by atoms with E-state index in [1.54, 1.807) is 0 Å². The highest BCUT2D eigenvalue weighted by Crippen LogP contribution is 2.53. The molecule has 0 aliphatic heterocycles. The van der Waals surface area contributed by atoms with E-state index in [1.807, 2.05) is 0 Å². The molecule has 2 saturated carbocycles. The molecule has 0 aromatic carbocycles. The highest BCUT2D eigenvalue weighted by atomic mass is 28.4. The van der Waals surface area contributed by atoms with Gasteiger partial charge in [0.15, 0.2) is 8.32 Å². The van der Waals surface area contributed by atoms with Crippen molar-refractivity contribution in [3.8, 4) is 0 Å². The standard InChI is InChI=1S/C15H28O3Si/c1-14(2,3)19(4,5)18-13-7-6-8-15(13)10-11(16)9-12(15)17/h12-13,17H,6-10H2,1-5H3/t12-,13-,15+/m0/s1. The molecule has 0 unspecified atom stereocenters. The number of aliphatic hydroxyl groups excluding tert-OH is 1. The minimum Gasteiger partial charge on any atom is -0.413 e. The Hall–Kier alpha value is -0.193. The topological polar surface area (TPSA) is 46.5 Å². The number of ketones is 1. The summed E-state index contributed by atoms with van der Waals surface area (Å²) in [6.45, 7) is 11.2. The van der Waals surface area contributed by atoms with Gasteiger partial charge in [-0.3, -0.25) is 4.79 Å². The van der Waals surface area contributed by atoms with Crippen LogP contribution in [0.4, 0.5) is 0 Å². The van der Waals surface area contributed by atoms with Gasteiger partial charge >= 0.3 is 0 Å². The van der Waals surface area contributed by atoms with Gasteiger partial charge in [0.05, 0.1) is 12.2 Å². The summed E-state index contributed by atoms with van der Waals surface area (Å²) in [7, 11) is -1.84. The van der Waals surface area contributed by atoms with Crippen LogP contribution in [0.5, 0.6) is 0 Å². The summed E-state index contributed by atoms with van der Waals surface area (Å²) in [5.74, 6) is 0.207. The molecule has 3 atom stereocenters. The van der Waals surface area contributed by atoms with Crippen molar-refractivity contribution in [2.75, 3.05) is 0 Å². The maximum atomic E-state index is 11.7. The fraction of sp³-hybridized carbons (Fsp3) is 0.933. The molecule has 0 amide bonds. The van der Waals surface area contributed by atoms with Crippen LogP contribution in [-0.4, -0.2) is 31.4 Å². The second-order valence-electron chi connectivity index (χ2n) is 7.93. The molecule has 0 aromatic rings. The molecule has 19 heavy (non-hydrogen) atoms. The first-order chi connectivity index (χ1) is 8.58. The van der Waals surface area contributed by atoms with E-state index in [0.29, 0.717) is 12.8 Å². The van der Waals surface area contributed by atoms with Crippen molar-refractivity contribution in [2.45, 2.75) is 83.2 Å². The lowest BCUT2D eigenvalue weighted by Gasteiger charge is -2.43. The molecule has 0 aromatic heterocycles. The summed E-state index contributed by atoms with van der Waals surface area (Å²) < 4.78 is 6.55. The van der Waals surface area contributed by atoms with Gasteiger partial charge in [0.2, 0.25) is 0 Å². The average molecular weight is 284 g/mol. The van der Waals surface area contributed by atoms with Gasteiger partial charge in [-0.05, 0) is 31.0 Å². The van der Waals surface area contributed by atoms with Gasteiger partial charge < -0.3 is 9.53 Å². The lowest BCUT2D eigenvalue weighted by atomic mass is 9.80. The van der Waals surface area contributed by atoms with E-state index in [0.717, 1.165) is 19.3 Å². The third-order valence-electron chi connectivity index (χ3n) is 5.60. The number of hydrogen-bond acceptors (Lipinski definition) is 3. The van der Waals surface area contributed by atoms with Gasteiger partial charge in [-0.2, -0.15) is 0 Å². The van der Waals surface area contributed by atoms with Crippen LogP contribution in [0.25, 0.3) is 0 Å². The lowest BCUT2D eigenvalue weighted by molar-refractivity contribution is -0.118. The molecule has 2 aliphatic carbocycles. The first kappa shape index (κ1) is 15.2. The Morgan fingerprint density at radius 1 is 1.37 bits per heavy atom. The van der Waals surface area contributed by atoms with Crippen LogP contribution in [-0.2, 0) is 9.22 Å². The summed E-state index contributed by atoms with van der Waals surface area (Å²) in [4.78, 5) is 11.7. The largest absolute Gasteiger partial charge is 0.413 e. The fourth-order valence-electron chi connectivity index (χ4n) is 3.33. The van der Waals surface area contributed by atoms with E-state index in [-0.39, 0.29) is 22.3 Å². The Morgan fingerprint density at radius 2 is 2.00 bits per heavy atom. The Balaban J connectivity index is 2.19. The number of carbonyl (C=O) groups excluding carboxylic acids is 1. The Kier molecular flexibility index (Phi) is 3.74. The molecule has 1 N–H and O–H groups in total. The molecule has 110 valence electrons.